The van der Waals surface area contributed by atoms with Crippen LogP contribution in [0.3, 0.4) is 0 Å². The summed E-state index contributed by atoms with van der Waals surface area (Å²) in [7, 11) is -1.67. The van der Waals surface area contributed by atoms with Gasteiger partial charge in [-0.15, -0.1) is 10.9 Å². The van der Waals surface area contributed by atoms with Crippen LogP contribution in [0.2, 0.25) is 0 Å². The van der Waals surface area contributed by atoms with Crippen molar-refractivity contribution in [2.24, 2.45) is 0 Å². The molecule has 3 unspecified atom stereocenters. The van der Waals surface area contributed by atoms with E-state index in [4.69, 9.17) is 20.7 Å². The van der Waals surface area contributed by atoms with Crippen molar-refractivity contribution < 1.29 is 28.1 Å². The van der Waals surface area contributed by atoms with Crippen LogP contribution in [0.15, 0.2) is 54.6 Å². The van der Waals surface area contributed by atoms with Gasteiger partial charge in [0.2, 0.25) is 0 Å². The molecule has 6 nitrogen and oxygen atoms in total. The normalized spacial score (nSPS) is 15.9. The van der Waals surface area contributed by atoms with E-state index in [2.05, 4.69) is 5.92 Å². The van der Waals surface area contributed by atoms with Crippen LogP contribution in [0.1, 0.15) is 36.9 Å². The molecular weight excluding hydrogens is 480 g/mol. The topological polar surface area (TPSA) is 85.7 Å². The van der Waals surface area contributed by atoms with Crippen molar-refractivity contribution in [1.82, 2.24) is 4.98 Å². The van der Waals surface area contributed by atoms with Crippen molar-refractivity contribution in [3.8, 4) is 40.5 Å². The molecule has 3 atom stereocenters. The van der Waals surface area contributed by atoms with Gasteiger partial charge in [-0.05, 0) is 60.4 Å². The van der Waals surface area contributed by atoms with E-state index < -0.39 is 31.1 Å². The second kappa shape index (κ2) is 10.3. The third-order valence-corrected chi connectivity index (χ3v) is 7.94. The zero-order valence-corrected chi connectivity index (χ0v) is 21.1. The molecule has 0 radical (unpaired) electrons. The van der Waals surface area contributed by atoms with Crippen LogP contribution in [-0.2, 0) is 13.9 Å². The number of hydrogen-bond donors (Lipinski definition) is 1. The Labute approximate surface area is 210 Å². The number of carbonyl (C=O) groups is 1. The molecule has 1 aliphatic carbocycles. The number of aliphatic hydroxyl groups is 1. The molecule has 4 rings (SSSR count). The maximum Gasteiger partial charge on any atom is 0.542 e. The number of rotatable bonds is 8. The fourth-order valence-electron chi connectivity index (χ4n) is 4.19. The minimum Gasteiger partial charge on any atom is -0.419 e. The largest absolute Gasteiger partial charge is 0.542 e. The first-order chi connectivity index (χ1) is 17.2. The number of hydrogen-bond acceptors (Lipinski definition) is 6. The first-order valence-electron chi connectivity index (χ1n) is 11.5. The van der Waals surface area contributed by atoms with Gasteiger partial charge in [-0.25, -0.2) is 14.2 Å². The quantitative estimate of drug-likeness (QED) is 0.237. The Kier molecular flexibility index (Phi) is 7.33. The third-order valence-electron chi connectivity index (χ3n) is 6.35. The maximum atomic E-state index is 13.8. The molecule has 1 saturated carbocycles. The number of pyridine rings is 1. The first-order valence-corrected chi connectivity index (χ1v) is 12.7. The van der Waals surface area contributed by atoms with E-state index in [-0.39, 0.29) is 11.7 Å². The molecule has 1 heterocycles. The summed E-state index contributed by atoms with van der Waals surface area (Å²) in [5.74, 6) is 0.872. The highest BCUT2D eigenvalue weighted by Crippen LogP contribution is 2.51. The molecule has 8 heteroatoms. The molecule has 1 fully saturated rings. The van der Waals surface area contributed by atoms with E-state index in [0.717, 1.165) is 25.5 Å². The second-order valence-electron chi connectivity index (χ2n) is 8.74. The summed E-state index contributed by atoms with van der Waals surface area (Å²) in [5.41, 5.74) is 4.00. The van der Waals surface area contributed by atoms with E-state index in [1.807, 2.05) is 37.3 Å². The van der Waals surface area contributed by atoms with E-state index in [9.17, 15) is 18.9 Å². The molecule has 36 heavy (non-hydrogen) atoms. The molecule has 0 saturated heterocycles. The molecule has 3 aromatic rings. The van der Waals surface area contributed by atoms with Gasteiger partial charge < -0.3 is 9.84 Å². The van der Waals surface area contributed by atoms with Crippen molar-refractivity contribution >= 4 is 14.0 Å². The smallest absolute Gasteiger partial charge is 0.419 e. The number of ether oxygens (including phenoxy) is 1. The number of carbonyl (C=O) groups excluding carboxylic acids is 1. The van der Waals surface area contributed by atoms with Crippen LogP contribution in [0.25, 0.3) is 22.4 Å². The SMILES string of the molecule is C#CC(C(=O)Oc1c(C2CC2)nc(-c2ccccc2)c(C)c1-c1ccc(F)cc1)(C(C)O)[P+](=O)OC. The van der Waals surface area contributed by atoms with Crippen molar-refractivity contribution in [2.75, 3.05) is 7.11 Å². The molecule has 0 spiro atoms. The van der Waals surface area contributed by atoms with Gasteiger partial charge in [0.25, 0.3) is 0 Å². The van der Waals surface area contributed by atoms with E-state index in [1.165, 1.54) is 19.1 Å². The lowest BCUT2D eigenvalue weighted by molar-refractivity contribution is -0.138. The average Bonchev–Trinajstić information content (AvgIpc) is 3.71. The number of terminal acetylenes is 1. The molecule has 1 aromatic heterocycles. The van der Waals surface area contributed by atoms with Gasteiger partial charge in [-0.1, -0.05) is 42.5 Å². The van der Waals surface area contributed by atoms with E-state index in [0.29, 0.717) is 28.1 Å². The summed E-state index contributed by atoms with van der Waals surface area (Å²) >= 11 is 0. The highest BCUT2D eigenvalue weighted by Gasteiger charge is 2.63. The lowest BCUT2D eigenvalue weighted by atomic mass is 9.93. The highest BCUT2D eigenvalue weighted by molar-refractivity contribution is 7.43. The number of aliphatic hydroxyl groups excluding tert-OH is 1. The van der Waals surface area contributed by atoms with Gasteiger partial charge in [-0.3, -0.25) is 0 Å². The zero-order chi connectivity index (χ0) is 26.0. The second-order valence-corrected chi connectivity index (χ2v) is 10.3. The fraction of sp³-hybridized carbons (Fsp3) is 0.286. The average molecular weight is 506 g/mol. The first kappa shape index (κ1) is 25.7. The Morgan fingerprint density at radius 2 is 1.83 bits per heavy atom. The lowest BCUT2D eigenvalue weighted by Gasteiger charge is -2.23. The Morgan fingerprint density at radius 3 is 2.36 bits per heavy atom. The summed E-state index contributed by atoms with van der Waals surface area (Å²) < 4.78 is 37.3. The van der Waals surface area contributed by atoms with Gasteiger partial charge in [0, 0.05) is 17.0 Å². The number of nitrogens with zero attached hydrogens (tertiary/aromatic N) is 1. The maximum absolute atomic E-state index is 13.8. The standard InChI is InChI=1S/C28H26FNO5P/c1-5-28(18(3)31,36(33)34-4)27(32)35-26-23(19-13-15-22(29)16-14-19)17(2)24(20-9-7-6-8-10-20)30-25(26)21-11-12-21/h1,6-10,13-16,18,21,31H,11-12H2,2-4H3/q+1. The Hall–Kier alpha value is -3.43. The number of esters is 1. The summed E-state index contributed by atoms with van der Waals surface area (Å²) in [5, 5.41) is 8.18. The lowest BCUT2D eigenvalue weighted by Crippen LogP contribution is -2.46. The van der Waals surface area contributed by atoms with Crippen molar-refractivity contribution in [3.05, 3.63) is 71.7 Å². The van der Waals surface area contributed by atoms with Gasteiger partial charge in [0.05, 0.1) is 18.5 Å². The molecule has 2 aromatic carbocycles. The number of aromatic nitrogens is 1. The van der Waals surface area contributed by atoms with Crippen LogP contribution in [0, 0.1) is 25.1 Å². The van der Waals surface area contributed by atoms with E-state index in [1.54, 1.807) is 12.1 Å². The summed E-state index contributed by atoms with van der Waals surface area (Å²) in [6.45, 7) is 3.11. The molecule has 0 amide bonds. The Morgan fingerprint density at radius 1 is 1.19 bits per heavy atom. The van der Waals surface area contributed by atoms with Crippen molar-refractivity contribution in [3.63, 3.8) is 0 Å². The molecule has 184 valence electrons. The van der Waals surface area contributed by atoms with Gasteiger partial charge in [-0.2, -0.15) is 0 Å². The minimum atomic E-state index is -2.81. The third kappa shape index (κ3) is 4.56. The summed E-state index contributed by atoms with van der Waals surface area (Å²) in [6.07, 6.45) is 5.79. The fourth-order valence-corrected chi connectivity index (χ4v) is 5.09. The minimum absolute atomic E-state index is 0.0398. The number of halogens is 1. The van der Waals surface area contributed by atoms with E-state index >= 15 is 0 Å². The van der Waals surface area contributed by atoms with Crippen LogP contribution in [-0.4, -0.2) is 34.4 Å². The Bertz CT molecular complexity index is 1350. The van der Waals surface area contributed by atoms with Crippen LogP contribution >= 0.6 is 8.03 Å². The molecule has 0 aliphatic heterocycles. The van der Waals surface area contributed by atoms with Crippen LogP contribution in [0.5, 0.6) is 5.75 Å². The van der Waals surface area contributed by atoms with Crippen molar-refractivity contribution in [1.29, 1.82) is 0 Å². The van der Waals surface area contributed by atoms with Gasteiger partial charge in [0.15, 0.2) is 5.75 Å². The molecule has 1 aliphatic rings. The van der Waals surface area contributed by atoms with Gasteiger partial charge in [0.1, 0.15) is 11.9 Å². The van der Waals surface area contributed by atoms with Gasteiger partial charge >= 0.3 is 19.2 Å². The number of benzene rings is 2. The predicted molar refractivity (Wildman–Crippen MR) is 135 cm³/mol. The van der Waals surface area contributed by atoms with Crippen LogP contribution in [0.4, 0.5) is 4.39 Å². The molecular formula is C28H26FNO5P+. The zero-order valence-electron chi connectivity index (χ0n) is 20.2. The Balaban J connectivity index is 1.97. The molecule has 1 N–H and O–H groups in total. The predicted octanol–water partition coefficient (Wildman–Crippen LogP) is 5.79. The summed E-state index contributed by atoms with van der Waals surface area (Å²) in [4.78, 5) is 18.4. The highest BCUT2D eigenvalue weighted by atomic mass is 31.1. The van der Waals surface area contributed by atoms with Crippen molar-refractivity contribution in [2.45, 2.75) is 43.9 Å². The monoisotopic (exact) mass is 506 g/mol. The summed E-state index contributed by atoms with van der Waals surface area (Å²) in [6, 6.07) is 15.4. The van der Waals surface area contributed by atoms with Crippen LogP contribution < -0.4 is 4.74 Å². The molecule has 0 bridgehead atoms.